The zero-order chi connectivity index (χ0) is 12.2. The first-order valence-corrected chi connectivity index (χ1v) is 7.35. The van der Waals surface area contributed by atoms with Gasteiger partial charge in [-0.05, 0) is 19.5 Å². The van der Waals surface area contributed by atoms with E-state index in [1.165, 1.54) is 0 Å². The van der Waals surface area contributed by atoms with Gasteiger partial charge in [-0.3, -0.25) is 4.79 Å². The Bertz CT molecular complexity index is 172. The highest BCUT2D eigenvalue weighted by Crippen LogP contribution is 2.02. The van der Waals surface area contributed by atoms with Crippen molar-refractivity contribution >= 4 is 17.7 Å². The molecule has 0 fully saturated rings. The van der Waals surface area contributed by atoms with Gasteiger partial charge in [0.25, 0.3) is 0 Å². The molecule has 0 aliphatic carbocycles. The third-order valence-corrected chi connectivity index (χ3v) is 3.34. The largest absolute Gasteiger partial charge is 0.465 e. The molecule has 0 aliphatic heterocycles. The predicted molar refractivity (Wildman–Crippen MR) is 71.0 cm³/mol. The fraction of sp³-hybridized carbons (Fsp3) is 0.917. The van der Waals surface area contributed by atoms with Gasteiger partial charge in [-0.25, -0.2) is 0 Å². The summed E-state index contributed by atoms with van der Waals surface area (Å²) in [5.41, 5.74) is 0. The minimum Gasteiger partial charge on any atom is -0.465 e. The number of ether oxygens (including phenoxy) is 1. The summed E-state index contributed by atoms with van der Waals surface area (Å²) < 4.78 is 5.07. The maximum absolute atomic E-state index is 11.2. The highest BCUT2D eigenvalue weighted by atomic mass is 32.2. The zero-order valence-electron chi connectivity index (χ0n) is 10.8. The molecule has 0 rings (SSSR count). The van der Waals surface area contributed by atoms with E-state index in [4.69, 9.17) is 4.74 Å². The molecule has 0 amide bonds. The summed E-state index contributed by atoms with van der Waals surface area (Å²) in [5.74, 6) is 1.42. The summed E-state index contributed by atoms with van der Waals surface area (Å²) in [7, 11) is 0. The molecule has 0 saturated carbocycles. The van der Waals surface area contributed by atoms with Crippen molar-refractivity contribution in [2.24, 2.45) is 0 Å². The fourth-order valence-electron chi connectivity index (χ4n) is 1.26. The van der Waals surface area contributed by atoms with Crippen LogP contribution in [0.15, 0.2) is 0 Å². The number of hydrogen-bond donors (Lipinski definition) is 0. The van der Waals surface area contributed by atoms with Gasteiger partial charge in [-0.1, -0.05) is 27.2 Å². The molecule has 0 unspecified atom stereocenters. The fourth-order valence-corrected chi connectivity index (χ4v) is 2.04. The number of esters is 1. The van der Waals surface area contributed by atoms with Crippen LogP contribution in [0.1, 0.15) is 33.6 Å². The molecule has 0 aliphatic rings. The Kier molecular flexibility index (Phi) is 11.1. The lowest BCUT2D eigenvalue weighted by Gasteiger charge is -2.17. The van der Waals surface area contributed by atoms with Crippen LogP contribution in [0, 0.1) is 0 Å². The van der Waals surface area contributed by atoms with E-state index in [1.54, 1.807) is 11.8 Å². The van der Waals surface area contributed by atoms with Gasteiger partial charge in [0, 0.05) is 12.3 Å². The Labute approximate surface area is 104 Å². The van der Waals surface area contributed by atoms with Crippen molar-refractivity contribution in [3.63, 3.8) is 0 Å². The van der Waals surface area contributed by atoms with Crippen LogP contribution in [0.4, 0.5) is 0 Å². The van der Waals surface area contributed by atoms with E-state index in [1.807, 2.05) is 0 Å². The van der Waals surface area contributed by atoms with Crippen LogP contribution < -0.4 is 0 Å². The molecule has 0 aromatic heterocycles. The second-order valence-electron chi connectivity index (χ2n) is 3.65. The molecule has 0 atom stereocenters. The molecule has 0 heterocycles. The van der Waals surface area contributed by atoms with Gasteiger partial charge >= 0.3 is 5.97 Å². The van der Waals surface area contributed by atoms with E-state index >= 15 is 0 Å². The van der Waals surface area contributed by atoms with Gasteiger partial charge in [-0.15, -0.1) is 11.8 Å². The van der Waals surface area contributed by atoms with Crippen LogP contribution in [0.3, 0.4) is 0 Å². The minimum absolute atomic E-state index is 0.0713. The molecule has 0 aromatic rings. The number of carbonyl (C=O) groups is 1. The average Bonchev–Trinajstić information content (AvgIpc) is 2.30. The predicted octanol–water partition coefficient (Wildman–Crippen LogP) is 2.40. The van der Waals surface area contributed by atoms with Crippen LogP contribution >= 0.6 is 11.8 Å². The van der Waals surface area contributed by atoms with Crippen LogP contribution in [0.25, 0.3) is 0 Å². The molecule has 0 saturated heterocycles. The molecular weight excluding hydrogens is 222 g/mol. The minimum atomic E-state index is -0.0713. The normalized spacial score (nSPS) is 10.8. The quantitative estimate of drug-likeness (QED) is 0.438. The van der Waals surface area contributed by atoms with E-state index in [2.05, 4.69) is 25.7 Å². The van der Waals surface area contributed by atoms with Crippen LogP contribution in [0.2, 0.25) is 0 Å². The number of rotatable bonds is 10. The van der Waals surface area contributed by atoms with Crippen molar-refractivity contribution in [3.8, 4) is 0 Å². The van der Waals surface area contributed by atoms with E-state index in [0.29, 0.717) is 12.4 Å². The average molecular weight is 247 g/mol. The van der Waals surface area contributed by atoms with Gasteiger partial charge in [-0.2, -0.15) is 0 Å². The van der Waals surface area contributed by atoms with Crippen molar-refractivity contribution in [1.82, 2.24) is 4.90 Å². The first-order chi connectivity index (χ1) is 7.74. The lowest BCUT2D eigenvalue weighted by Crippen LogP contribution is -2.25. The lowest BCUT2D eigenvalue weighted by molar-refractivity contribution is -0.140. The molecule has 0 N–H and O–H groups in total. The van der Waals surface area contributed by atoms with Crippen LogP contribution in [-0.2, 0) is 9.53 Å². The molecule has 4 heteroatoms. The van der Waals surface area contributed by atoms with Crippen LogP contribution in [-0.4, -0.2) is 48.6 Å². The monoisotopic (exact) mass is 247 g/mol. The number of unbranched alkanes of at least 4 members (excludes halogenated alkanes) is 1. The summed E-state index contributed by atoms with van der Waals surface area (Å²) in [4.78, 5) is 13.6. The smallest absolute Gasteiger partial charge is 0.315 e. The van der Waals surface area contributed by atoms with Gasteiger partial charge in [0.05, 0.1) is 12.4 Å². The maximum Gasteiger partial charge on any atom is 0.315 e. The van der Waals surface area contributed by atoms with Gasteiger partial charge < -0.3 is 9.64 Å². The van der Waals surface area contributed by atoms with Gasteiger partial charge in [0.1, 0.15) is 0 Å². The van der Waals surface area contributed by atoms with E-state index < -0.39 is 0 Å². The van der Waals surface area contributed by atoms with Crippen molar-refractivity contribution in [3.05, 3.63) is 0 Å². The van der Waals surface area contributed by atoms with Gasteiger partial charge in [0.15, 0.2) is 0 Å². The lowest BCUT2D eigenvalue weighted by atomic mass is 10.4. The topological polar surface area (TPSA) is 29.5 Å². The van der Waals surface area contributed by atoms with E-state index in [0.717, 1.165) is 38.2 Å². The highest BCUT2D eigenvalue weighted by Gasteiger charge is 2.03. The number of hydrogen-bond acceptors (Lipinski definition) is 4. The molecule has 0 radical (unpaired) electrons. The molecular formula is C12H25NO2S. The third-order valence-electron chi connectivity index (χ3n) is 2.43. The third kappa shape index (κ3) is 9.04. The maximum atomic E-state index is 11.2. The molecule has 0 aromatic carbocycles. The zero-order valence-corrected chi connectivity index (χ0v) is 11.6. The Morgan fingerprint density at radius 3 is 2.50 bits per heavy atom. The van der Waals surface area contributed by atoms with Crippen molar-refractivity contribution < 1.29 is 9.53 Å². The molecule has 3 nitrogen and oxygen atoms in total. The summed E-state index contributed by atoms with van der Waals surface area (Å²) in [5, 5.41) is 0. The summed E-state index contributed by atoms with van der Waals surface area (Å²) in [6, 6.07) is 0. The van der Waals surface area contributed by atoms with Crippen molar-refractivity contribution in [1.29, 1.82) is 0 Å². The number of carbonyl (C=O) groups excluding carboxylic acids is 1. The van der Waals surface area contributed by atoms with E-state index in [-0.39, 0.29) is 5.97 Å². The molecule has 0 spiro atoms. The summed E-state index contributed by atoms with van der Waals surface area (Å²) in [6.07, 6.45) is 2.04. The molecule has 96 valence electrons. The highest BCUT2D eigenvalue weighted by molar-refractivity contribution is 7.99. The number of nitrogens with zero attached hydrogens (tertiary/aromatic N) is 1. The Balaban J connectivity index is 3.33. The van der Waals surface area contributed by atoms with E-state index in [9.17, 15) is 4.79 Å². The molecule has 0 bridgehead atoms. The molecule has 16 heavy (non-hydrogen) atoms. The van der Waals surface area contributed by atoms with Crippen molar-refractivity contribution in [2.75, 3.05) is 37.7 Å². The summed E-state index contributed by atoms with van der Waals surface area (Å²) >= 11 is 1.66. The first kappa shape index (κ1) is 15.8. The Morgan fingerprint density at radius 1 is 1.25 bits per heavy atom. The first-order valence-electron chi connectivity index (χ1n) is 6.20. The van der Waals surface area contributed by atoms with Crippen LogP contribution in [0.5, 0.6) is 0 Å². The standard InChI is InChI=1S/C12H25NO2S/c1-4-7-9-15-12(14)11-16-10-8-13(5-2)6-3/h4-11H2,1-3H3. The summed E-state index contributed by atoms with van der Waals surface area (Å²) in [6.45, 7) is 10.2. The Morgan fingerprint density at radius 2 is 1.94 bits per heavy atom. The number of thioether (sulfide) groups is 1. The Hall–Kier alpha value is -0.220. The van der Waals surface area contributed by atoms with Gasteiger partial charge in [0.2, 0.25) is 0 Å². The second-order valence-corrected chi connectivity index (χ2v) is 4.76. The van der Waals surface area contributed by atoms with Crippen molar-refractivity contribution in [2.45, 2.75) is 33.6 Å². The SMILES string of the molecule is CCCCOC(=O)CSCCN(CC)CC. The second kappa shape index (κ2) is 11.3.